The van der Waals surface area contributed by atoms with Crippen molar-refractivity contribution in [3.05, 3.63) is 89.5 Å². The third kappa shape index (κ3) is 6.33. The van der Waals surface area contributed by atoms with E-state index < -0.39 is 15.9 Å². The molecule has 0 heterocycles. The first-order valence-electron chi connectivity index (χ1n) is 9.99. The molecule has 0 aromatic heterocycles. The maximum Gasteiger partial charge on any atom is 0.271 e. The number of nitrogens with one attached hydrogen (secondary N) is 1. The molecule has 3 aromatic carbocycles. The number of methoxy groups -OCH3 is 2. The number of nitrogens with zero attached hydrogens (tertiary/aromatic N) is 2. The van der Waals surface area contributed by atoms with Crippen LogP contribution in [-0.2, 0) is 16.6 Å². The second-order valence-electron chi connectivity index (χ2n) is 7.11. The predicted molar refractivity (Wildman–Crippen MR) is 129 cm³/mol. The number of hydrogen-bond donors (Lipinski definition) is 1. The highest BCUT2D eigenvalue weighted by Gasteiger charge is 2.18. The van der Waals surface area contributed by atoms with Crippen LogP contribution < -0.4 is 19.2 Å². The molecule has 3 rings (SSSR count). The number of carbonyl (C=O) groups is 1. The minimum absolute atomic E-state index is 0.192. The van der Waals surface area contributed by atoms with E-state index in [9.17, 15) is 13.2 Å². The number of hydrazone groups is 1. The normalized spacial score (nSPS) is 11.2. The molecule has 9 heteroatoms. The Kier molecular flexibility index (Phi) is 7.68. The van der Waals surface area contributed by atoms with Crippen molar-refractivity contribution in [1.82, 2.24) is 5.43 Å². The van der Waals surface area contributed by atoms with Crippen LogP contribution >= 0.6 is 0 Å². The first kappa shape index (κ1) is 23.8. The SMILES string of the molecule is COc1ccc(OC)c(/C=N/NC(=O)c2ccc(N(Cc3ccccc3)S(C)(=O)=O)cc2)c1. The van der Waals surface area contributed by atoms with Crippen molar-refractivity contribution in [3.63, 3.8) is 0 Å². The number of sulfonamides is 1. The van der Waals surface area contributed by atoms with Gasteiger partial charge in [-0.3, -0.25) is 9.10 Å². The second kappa shape index (κ2) is 10.6. The summed E-state index contributed by atoms with van der Waals surface area (Å²) in [5, 5.41) is 3.99. The lowest BCUT2D eigenvalue weighted by molar-refractivity contribution is 0.0955. The maximum atomic E-state index is 12.5. The highest BCUT2D eigenvalue weighted by molar-refractivity contribution is 7.92. The van der Waals surface area contributed by atoms with Crippen molar-refractivity contribution < 1.29 is 22.7 Å². The van der Waals surface area contributed by atoms with E-state index in [-0.39, 0.29) is 6.54 Å². The minimum Gasteiger partial charge on any atom is -0.497 e. The molecular weight excluding hydrogens is 442 g/mol. The summed E-state index contributed by atoms with van der Waals surface area (Å²) in [6, 6.07) is 20.8. The van der Waals surface area contributed by atoms with Crippen molar-refractivity contribution >= 4 is 27.8 Å². The third-order valence-electron chi connectivity index (χ3n) is 4.79. The molecule has 8 nitrogen and oxygen atoms in total. The Bertz CT molecular complexity index is 1230. The fourth-order valence-corrected chi connectivity index (χ4v) is 3.98. The van der Waals surface area contributed by atoms with E-state index >= 15 is 0 Å². The van der Waals surface area contributed by atoms with Crippen LogP contribution in [0, 0.1) is 0 Å². The molecule has 0 unspecified atom stereocenters. The average Bonchev–Trinajstić information content (AvgIpc) is 2.82. The molecule has 0 spiro atoms. The predicted octanol–water partition coefficient (Wildman–Crippen LogP) is 3.43. The van der Waals surface area contributed by atoms with E-state index in [1.807, 2.05) is 30.3 Å². The summed E-state index contributed by atoms with van der Waals surface area (Å²) in [6.45, 7) is 0.192. The second-order valence-corrected chi connectivity index (χ2v) is 9.02. The fourth-order valence-electron chi connectivity index (χ4n) is 3.09. The Morgan fingerprint density at radius 1 is 1.00 bits per heavy atom. The Hall–Kier alpha value is -3.85. The molecule has 0 aliphatic heterocycles. The van der Waals surface area contributed by atoms with E-state index in [1.165, 1.54) is 17.6 Å². The zero-order valence-corrected chi connectivity index (χ0v) is 19.4. The highest BCUT2D eigenvalue weighted by atomic mass is 32.2. The smallest absolute Gasteiger partial charge is 0.271 e. The molecule has 0 bridgehead atoms. The van der Waals surface area contributed by atoms with Gasteiger partial charge in [0.25, 0.3) is 5.91 Å². The van der Waals surface area contributed by atoms with Crippen molar-refractivity contribution in [2.45, 2.75) is 6.54 Å². The van der Waals surface area contributed by atoms with Gasteiger partial charge in [-0.25, -0.2) is 13.8 Å². The van der Waals surface area contributed by atoms with Gasteiger partial charge in [0.05, 0.1) is 38.9 Å². The molecule has 172 valence electrons. The summed E-state index contributed by atoms with van der Waals surface area (Å²) >= 11 is 0. The molecule has 0 aliphatic rings. The van der Waals surface area contributed by atoms with Gasteiger partial charge in [-0.15, -0.1) is 0 Å². The number of rotatable bonds is 9. The first-order chi connectivity index (χ1) is 15.8. The van der Waals surface area contributed by atoms with E-state index in [1.54, 1.807) is 49.6 Å². The summed E-state index contributed by atoms with van der Waals surface area (Å²) in [6.07, 6.45) is 2.61. The molecule has 0 saturated heterocycles. The topological polar surface area (TPSA) is 97.3 Å². The Morgan fingerprint density at radius 2 is 1.70 bits per heavy atom. The number of anilines is 1. The third-order valence-corrected chi connectivity index (χ3v) is 5.93. The number of hydrogen-bond acceptors (Lipinski definition) is 6. The van der Waals surface area contributed by atoms with E-state index in [0.29, 0.717) is 28.3 Å². The van der Waals surface area contributed by atoms with Crippen LogP contribution in [0.15, 0.2) is 77.9 Å². The molecule has 0 aliphatic carbocycles. The summed E-state index contributed by atoms with van der Waals surface area (Å²) in [4.78, 5) is 12.5. The molecule has 33 heavy (non-hydrogen) atoms. The van der Waals surface area contributed by atoms with Crippen LogP contribution in [0.1, 0.15) is 21.5 Å². The Morgan fingerprint density at radius 3 is 2.30 bits per heavy atom. The van der Waals surface area contributed by atoms with Crippen LogP contribution in [0.25, 0.3) is 0 Å². The van der Waals surface area contributed by atoms with Gasteiger partial charge in [0.1, 0.15) is 11.5 Å². The van der Waals surface area contributed by atoms with Crippen molar-refractivity contribution in [3.8, 4) is 11.5 Å². The van der Waals surface area contributed by atoms with Crippen LogP contribution in [0.2, 0.25) is 0 Å². The molecule has 1 amide bonds. The fraction of sp³-hybridized carbons (Fsp3) is 0.167. The molecule has 0 atom stereocenters. The van der Waals surface area contributed by atoms with Crippen molar-refractivity contribution in [1.29, 1.82) is 0 Å². The minimum atomic E-state index is -3.52. The van der Waals surface area contributed by atoms with E-state index in [0.717, 1.165) is 11.8 Å². The lowest BCUT2D eigenvalue weighted by Crippen LogP contribution is -2.29. The molecule has 0 saturated carbocycles. The van der Waals surface area contributed by atoms with Crippen molar-refractivity contribution in [2.75, 3.05) is 24.8 Å². The molecular formula is C24H25N3O5S. The van der Waals surface area contributed by atoms with Crippen LogP contribution in [0.5, 0.6) is 11.5 Å². The van der Waals surface area contributed by atoms with Gasteiger partial charge in [-0.2, -0.15) is 5.10 Å². The maximum absolute atomic E-state index is 12.5. The molecule has 1 N–H and O–H groups in total. The van der Waals surface area contributed by atoms with E-state index in [4.69, 9.17) is 9.47 Å². The quantitative estimate of drug-likeness (QED) is 0.384. The van der Waals surface area contributed by atoms with Gasteiger partial charge >= 0.3 is 0 Å². The standard InChI is InChI=1S/C24H25N3O5S/c1-31-22-13-14-23(32-2)20(15-22)16-25-26-24(28)19-9-11-21(12-10-19)27(33(3,29)30)17-18-7-5-4-6-8-18/h4-16H,17H2,1-3H3,(H,26,28)/b25-16+. The summed E-state index contributed by atoms with van der Waals surface area (Å²) in [5.74, 6) is 0.774. The van der Waals surface area contributed by atoms with Gasteiger partial charge in [0, 0.05) is 11.1 Å². The van der Waals surface area contributed by atoms with Gasteiger partial charge in [-0.05, 0) is 48.0 Å². The van der Waals surface area contributed by atoms with Crippen LogP contribution in [-0.4, -0.2) is 41.0 Å². The zero-order chi connectivity index (χ0) is 23.8. The monoisotopic (exact) mass is 467 g/mol. The van der Waals surface area contributed by atoms with Crippen LogP contribution in [0.3, 0.4) is 0 Å². The average molecular weight is 468 g/mol. The highest BCUT2D eigenvalue weighted by Crippen LogP contribution is 2.23. The number of benzene rings is 3. The number of ether oxygens (including phenoxy) is 2. The lowest BCUT2D eigenvalue weighted by atomic mass is 10.2. The van der Waals surface area contributed by atoms with Gasteiger partial charge < -0.3 is 9.47 Å². The largest absolute Gasteiger partial charge is 0.497 e. The summed E-state index contributed by atoms with van der Waals surface area (Å²) in [5.41, 5.74) is 4.74. The van der Waals surface area contributed by atoms with Gasteiger partial charge in [0.2, 0.25) is 10.0 Å². The first-order valence-corrected chi connectivity index (χ1v) is 11.8. The van der Waals surface area contributed by atoms with Crippen LogP contribution in [0.4, 0.5) is 5.69 Å². The summed E-state index contributed by atoms with van der Waals surface area (Å²) < 4.78 is 36.4. The lowest BCUT2D eigenvalue weighted by Gasteiger charge is -2.22. The van der Waals surface area contributed by atoms with Gasteiger partial charge in [0.15, 0.2) is 0 Å². The number of carbonyl (C=O) groups excluding carboxylic acids is 1. The van der Waals surface area contributed by atoms with Crippen molar-refractivity contribution in [2.24, 2.45) is 5.10 Å². The Balaban J connectivity index is 1.72. The molecule has 0 fully saturated rings. The zero-order valence-electron chi connectivity index (χ0n) is 18.6. The van der Waals surface area contributed by atoms with E-state index in [2.05, 4.69) is 10.5 Å². The summed E-state index contributed by atoms with van der Waals surface area (Å²) in [7, 11) is -0.426. The number of amides is 1. The Labute approximate surface area is 193 Å². The molecule has 3 aromatic rings. The molecule has 0 radical (unpaired) electrons. The van der Waals surface area contributed by atoms with Gasteiger partial charge in [-0.1, -0.05) is 30.3 Å².